The second-order valence-electron chi connectivity index (χ2n) is 4.43. The van der Waals surface area contributed by atoms with Gasteiger partial charge in [0.25, 0.3) is 0 Å². The van der Waals surface area contributed by atoms with Crippen LogP contribution in [0, 0.1) is 11.3 Å². The first-order valence-corrected chi connectivity index (χ1v) is 4.86. The number of rotatable bonds is 6. The van der Waals surface area contributed by atoms with E-state index in [1.54, 1.807) is 7.11 Å². The largest absolute Gasteiger partial charge is 0.383 e. The van der Waals surface area contributed by atoms with E-state index >= 15 is 0 Å². The number of ether oxygens (including phenoxy) is 1. The lowest BCUT2D eigenvalue weighted by atomic mass is 9.87. The van der Waals surface area contributed by atoms with Gasteiger partial charge in [0, 0.05) is 20.2 Å². The fourth-order valence-corrected chi connectivity index (χ4v) is 1.59. The minimum absolute atomic E-state index is 0.494. The summed E-state index contributed by atoms with van der Waals surface area (Å²) in [5, 5.41) is 3.42. The number of hydrogen-bond donors (Lipinski definition) is 1. The predicted molar refractivity (Wildman–Crippen MR) is 51.3 cm³/mol. The molecule has 0 heterocycles. The van der Waals surface area contributed by atoms with Crippen LogP contribution in [-0.2, 0) is 4.74 Å². The van der Waals surface area contributed by atoms with Gasteiger partial charge >= 0.3 is 0 Å². The van der Waals surface area contributed by atoms with Crippen molar-refractivity contribution in [3.05, 3.63) is 0 Å². The summed E-state index contributed by atoms with van der Waals surface area (Å²) in [7, 11) is 1.74. The summed E-state index contributed by atoms with van der Waals surface area (Å²) in [6.07, 6.45) is 2.86. The molecule has 2 nitrogen and oxygen atoms in total. The minimum atomic E-state index is 0.494. The Morgan fingerprint density at radius 2 is 2.08 bits per heavy atom. The van der Waals surface area contributed by atoms with E-state index in [0.717, 1.165) is 25.6 Å². The van der Waals surface area contributed by atoms with E-state index in [1.165, 1.54) is 12.8 Å². The Bertz CT molecular complexity index is 130. The van der Waals surface area contributed by atoms with Crippen molar-refractivity contribution in [2.45, 2.75) is 26.7 Å². The molecule has 0 amide bonds. The molecule has 1 aliphatic rings. The molecular weight excluding hydrogens is 150 g/mol. The third kappa shape index (κ3) is 3.11. The first kappa shape index (κ1) is 10.0. The van der Waals surface area contributed by atoms with Gasteiger partial charge in [-0.25, -0.2) is 0 Å². The summed E-state index contributed by atoms with van der Waals surface area (Å²) in [4.78, 5) is 0. The molecule has 0 aromatic rings. The third-order valence-electron chi connectivity index (χ3n) is 2.75. The molecule has 1 fully saturated rings. The van der Waals surface area contributed by atoms with Gasteiger partial charge in [0.05, 0.1) is 6.61 Å². The Kier molecular flexibility index (Phi) is 3.53. The van der Waals surface area contributed by atoms with Gasteiger partial charge in [-0.2, -0.15) is 0 Å². The maximum absolute atomic E-state index is 4.97. The highest BCUT2D eigenvalue weighted by molar-refractivity contribution is 4.89. The molecule has 1 saturated carbocycles. The van der Waals surface area contributed by atoms with Crippen LogP contribution >= 0.6 is 0 Å². The summed E-state index contributed by atoms with van der Waals surface area (Å²) in [5.41, 5.74) is 0.494. The zero-order chi connectivity index (χ0) is 9.03. The molecule has 1 N–H and O–H groups in total. The summed E-state index contributed by atoms with van der Waals surface area (Å²) in [6, 6.07) is 0. The molecule has 0 bridgehead atoms. The van der Waals surface area contributed by atoms with Gasteiger partial charge < -0.3 is 10.1 Å². The monoisotopic (exact) mass is 171 g/mol. The van der Waals surface area contributed by atoms with Crippen LogP contribution < -0.4 is 5.32 Å². The molecule has 0 spiro atoms. The molecule has 0 aromatic carbocycles. The lowest BCUT2D eigenvalue weighted by molar-refractivity contribution is 0.191. The van der Waals surface area contributed by atoms with Gasteiger partial charge in [-0.05, 0) is 24.2 Å². The van der Waals surface area contributed by atoms with Crippen molar-refractivity contribution in [1.29, 1.82) is 0 Å². The van der Waals surface area contributed by atoms with E-state index < -0.39 is 0 Å². The van der Waals surface area contributed by atoms with Crippen LogP contribution in [0.1, 0.15) is 26.7 Å². The molecule has 0 radical (unpaired) electrons. The highest BCUT2D eigenvalue weighted by Gasteiger charge is 2.36. The van der Waals surface area contributed by atoms with Gasteiger partial charge in [-0.3, -0.25) is 0 Å². The van der Waals surface area contributed by atoms with Gasteiger partial charge in [-0.1, -0.05) is 13.8 Å². The SMILES string of the molecule is COCCNCC(C)(C)C1CC1. The average Bonchev–Trinajstić information content (AvgIpc) is 2.80. The van der Waals surface area contributed by atoms with E-state index in [1.807, 2.05) is 0 Å². The molecule has 0 aliphatic heterocycles. The second kappa shape index (κ2) is 4.24. The Morgan fingerprint density at radius 3 is 2.58 bits per heavy atom. The smallest absolute Gasteiger partial charge is 0.0587 e. The normalized spacial score (nSPS) is 18.2. The van der Waals surface area contributed by atoms with Crippen LogP contribution in [0.2, 0.25) is 0 Å². The van der Waals surface area contributed by atoms with Crippen molar-refractivity contribution in [3.63, 3.8) is 0 Å². The zero-order valence-electron chi connectivity index (χ0n) is 8.52. The van der Waals surface area contributed by atoms with E-state index in [0.29, 0.717) is 5.41 Å². The van der Waals surface area contributed by atoms with Crippen LogP contribution in [0.4, 0.5) is 0 Å². The summed E-state index contributed by atoms with van der Waals surface area (Å²) in [5.74, 6) is 0.965. The van der Waals surface area contributed by atoms with Gasteiger partial charge in [-0.15, -0.1) is 0 Å². The number of nitrogens with one attached hydrogen (secondary N) is 1. The fourth-order valence-electron chi connectivity index (χ4n) is 1.59. The molecule has 0 unspecified atom stereocenters. The van der Waals surface area contributed by atoms with Crippen molar-refractivity contribution in [3.8, 4) is 0 Å². The molecule has 0 atom stereocenters. The quantitative estimate of drug-likeness (QED) is 0.614. The standard InChI is InChI=1S/C10H21NO/c1-10(2,9-4-5-9)8-11-6-7-12-3/h9,11H,4-8H2,1-3H3. The summed E-state index contributed by atoms with van der Waals surface area (Å²) < 4.78 is 4.97. The topological polar surface area (TPSA) is 21.3 Å². The zero-order valence-corrected chi connectivity index (χ0v) is 8.52. The lowest BCUT2D eigenvalue weighted by Gasteiger charge is -2.24. The third-order valence-corrected chi connectivity index (χ3v) is 2.75. The first-order chi connectivity index (χ1) is 5.67. The van der Waals surface area contributed by atoms with Gasteiger partial charge in [0.15, 0.2) is 0 Å². The molecule has 0 saturated heterocycles. The van der Waals surface area contributed by atoms with E-state index in [9.17, 15) is 0 Å². The van der Waals surface area contributed by atoms with Gasteiger partial charge in [0.2, 0.25) is 0 Å². The van der Waals surface area contributed by atoms with E-state index in [2.05, 4.69) is 19.2 Å². The summed E-state index contributed by atoms with van der Waals surface area (Å²) in [6.45, 7) is 7.63. The first-order valence-electron chi connectivity index (χ1n) is 4.86. The Hall–Kier alpha value is -0.0800. The Labute approximate surface area is 75.7 Å². The maximum Gasteiger partial charge on any atom is 0.0587 e. The number of hydrogen-bond acceptors (Lipinski definition) is 2. The minimum Gasteiger partial charge on any atom is -0.383 e. The lowest BCUT2D eigenvalue weighted by Crippen LogP contribution is -2.32. The van der Waals surface area contributed by atoms with E-state index in [4.69, 9.17) is 4.74 Å². The molecule has 1 rings (SSSR count). The van der Waals surface area contributed by atoms with Crippen molar-refractivity contribution < 1.29 is 4.74 Å². The maximum atomic E-state index is 4.97. The van der Waals surface area contributed by atoms with Crippen molar-refractivity contribution in [2.75, 3.05) is 26.8 Å². The van der Waals surface area contributed by atoms with Crippen molar-refractivity contribution in [2.24, 2.45) is 11.3 Å². The van der Waals surface area contributed by atoms with Crippen molar-refractivity contribution >= 4 is 0 Å². The Morgan fingerprint density at radius 1 is 1.42 bits per heavy atom. The highest BCUT2D eigenvalue weighted by Crippen LogP contribution is 2.44. The van der Waals surface area contributed by atoms with Crippen LogP contribution in [-0.4, -0.2) is 26.8 Å². The highest BCUT2D eigenvalue weighted by atomic mass is 16.5. The van der Waals surface area contributed by atoms with Crippen molar-refractivity contribution in [1.82, 2.24) is 5.32 Å². The summed E-state index contributed by atoms with van der Waals surface area (Å²) >= 11 is 0. The van der Waals surface area contributed by atoms with Crippen LogP contribution in [0.15, 0.2) is 0 Å². The van der Waals surface area contributed by atoms with Crippen LogP contribution in [0.25, 0.3) is 0 Å². The fraction of sp³-hybridized carbons (Fsp3) is 1.00. The number of methoxy groups -OCH3 is 1. The van der Waals surface area contributed by atoms with Crippen LogP contribution in [0.3, 0.4) is 0 Å². The van der Waals surface area contributed by atoms with Crippen LogP contribution in [0.5, 0.6) is 0 Å². The molecule has 0 aromatic heterocycles. The predicted octanol–water partition coefficient (Wildman–Crippen LogP) is 1.66. The Balaban J connectivity index is 2.04. The molecule has 12 heavy (non-hydrogen) atoms. The second-order valence-corrected chi connectivity index (χ2v) is 4.43. The molecule has 72 valence electrons. The molecular formula is C10H21NO. The van der Waals surface area contributed by atoms with E-state index in [-0.39, 0.29) is 0 Å². The molecule has 2 heteroatoms. The molecule has 1 aliphatic carbocycles. The van der Waals surface area contributed by atoms with Gasteiger partial charge in [0.1, 0.15) is 0 Å². The average molecular weight is 171 g/mol.